The first-order valence-electron chi connectivity index (χ1n) is 10.3. The molecule has 2 fully saturated rings. The Morgan fingerprint density at radius 1 is 1.10 bits per heavy atom. The lowest BCUT2D eigenvalue weighted by Crippen LogP contribution is -2.40. The minimum absolute atomic E-state index is 0.376. The van der Waals surface area contributed by atoms with Gasteiger partial charge in [-0.05, 0) is 61.6 Å². The van der Waals surface area contributed by atoms with Crippen molar-refractivity contribution in [1.29, 1.82) is 0 Å². The summed E-state index contributed by atoms with van der Waals surface area (Å²) in [5, 5.41) is 12.2. The molecule has 2 aromatic heterocycles. The number of fused-ring (bicyclic) bond motifs is 3. The van der Waals surface area contributed by atoms with Gasteiger partial charge in [-0.2, -0.15) is 20.0 Å². The van der Waals surface area contributed by atoms with Gasteiger partial charge < -0.3 is 15.0 Å². The van der Waals surface area contributed by atoms with Crippen LogP contribution in [0.15, 0.2) is 42.7 Å². The summed E-state index contributed by atoms with van der Waals surface area (Å²) in [4.78, 5) is 8.85. The van der Waals surface area contributed by atoms with Crippen molar-refractivity contribution in [3.63, 3.8) is 0 Å². The molecule has 0 radical (unpaired) electrons. The van der Waals surface area contributed by atoms with Gasteiger partial charge in [0.05, 0.1) is 18.1 Å². The lowest BCUT2D eigenvalue weighted by Gasteiger charge is -2.24. The fourth-order valence-electron chi connectivity index (χ4n) is 4.41. The maximum atomic E-state index is 6.04. The van der Waals surface area contributed by atoms with E-state index >= 15 is 0 Å². The van der Waals surface area contributed by atoms with Crippen LogP contribution in [0.3, 0.4) is 0 Å². The second-order valence-corrected chi connectivity index (χ2v) is 8.61. The smallest absolute Gasteiger partial charge is 0.223 e. The van der Waals surface area contributed by atoms with Crippen LogP contribution in [0.1, 0.15) is 31.7 Å². The largest absolute Gasteiger partial charge is 0.472 e. The van der Waals surface area contributed by atoms with Crippen molar-refractivity contribution in [3.8, 4) is 22.7 Å². The number of pyridine rings is 1. The SMILES string of the molecule is CC1(NC2CCN(c3ccc4c(n3)OCc3cc(-n5nccn5)ccc3-4)C2)CC1. The van der Waals surface area contributed by atoms with Gasteiger partial charge in [-0.3, -0.25) is 0 Å². The summed E-state index contributed by atoms with van der Waals surface area (Å²) in [5.41, 5.74) is 4.66. The highest BCUT2D eigenvalue weighted by molar-refractivity contribution is 5.75. The molecule has 1 atom stereocenters. The number of hydrogen-bond donors (Lipinski definition) is 1. The molecule has 3 aromatic rings. The molecule has 1 aliphatic carbocycles. The maximum Gasteiger partial charge on any atom is 0.223 e. The summed E-state index contributed by atoms with van der Waals surface area (Å²) in [6, 6.07) is 11.1. The molecule has 1 N–H and O–H groups in total. The topological polar surface area (TPSA) is 68.1 Å². The molecule has 0 amide bonds. The molecule has 3 aliphatic rings. The zero-order chi connectivity index (χ0) is 19.4. The molecule has 1 unspecified atom stereocenters. The molecule has 29 heavy (non-hydrogen) atoms. The second-order valence-electron chi connectivity index (χ2n) is 8.61. The summed E-state index contributed by atoms with van der Waals surface area (Å²) in [5.74, 6) is 1.74. The molecule has 2 aliphatic heterocycles. The van der Waals surface area contributed by atoms with Crippen LogP contribution in [-0.2, 0) is 6.61 Å². The number of benzene rings is 1. The van der Waals surface area contributed by atoms with E-state index in [4.69, 9.17) is 9.72 Å². The van der Waals surface area contributed by atoms with Crippen molar-refractivity contribution in [2.75, 3.05) is 18.0 Å². The predicted octanol–water partition coefficient (Wildman–Crippen LogP) is 2.94. The van der Waals surface area contributed by atoms with E-state index in [1.165, 1.54) is 24.8 Å². The molecule has 7 heteroatoms. The monoisotopic (exact) mass is 388 g/mol. The van der Waals surface area contributed by atoms with Crippen LogP contribution in [0.5, 0.6) is 5.88 Å². The molecule has 1 aromatic carbocycles. The highest BCUT2D eigenvalue weighted by Gasteiger charge is 2.40. The van der Waals surface area contributed by atoms with Gasteiger partial charge in [0.25, 0.3) is 0 Å². The number of aromatic nitrogens is 4. The Bertz CT molecular complexity index is 1060. The lowest BCUT2D eigenvalue weighted by molar-refractivity contribution is 0.290. The van der Waals surface area contributed by atoms with Gasteiger partial charge in [0.2, 0.25) is 5.88 Å². The zero-order valence-corrected chi connectivity index (χ0v) is 16.5. The van der Waals surface area contributed by atoms with Crippen molar-refractivity contribution in [1.82, 2.24) is 25.3 Å². The Balaban J connectivity index is 1.24. The number of ether oxygens (including phenoxy) is 1. The third kappa shape index (κ3) is 3.06. The van der Waals surface area contributed by atoms with Gasteiger partial charge in [0.15, 0.2) is 0 Å². The average Bonchev–Trinajstić information content (AvgIpc) is 3.16. The van der Waals surface area contributed by atoms with Crippen molar-refractivity contribution >= 4 is 5.82 Å². The van der Waals surface area contributed by atoms with E-state index < -0.39 is 0 Å². The van der Waals surface area contributed by atoms with E-state index in [0.29, 0.717) is 18.2 Å². The molecular weight excluding hydrogens is 364 g/mol. The van der Waals surface area contributed by atoms with Crippen molar-refractivity contribution in [2.45, 2.75) is 44.4 Å². The minimum Gasteiger partial charge on any atom is -0.472 e. The third-order valence-corrected chi connectivity index (χ3v) is 6.30. The Labute approximate surface area is 169 Å². The minimum atomic E-state index is 0.376. The van der Waals surface area contributed by atoms with Crippen LogP contribution >= 0.6 is 0 Å². The number of rotatable bonds is 4. The van der Waals surface area contributed by atoms with Gasteiger partial charge >= 0.3 is 0 Å². The first kappa shape index (κ1) is 17.0. The van der Waals surface area contributed by atoms with E-state index in [1.807, 2.05) is 6.07 Å². The molecule has 6 rings (SSSR count). The quantitative estimate of drug-likeness (QED) is 0.741. The maximum absolute atomic E-state index is 6.04. The van der Waals surface area contributed by atoms with Crippen molar-refractivity contribution < 1.29 is 4.74 Å². The summed E-state index contributed by atoms with van der Waals surface area (Å²) >= 11 is 0. The normalized spacial score (nSPS) is 21.4. The Morgan fingerprint density at radius 3 is 2.76 bits per heavy atom. The highest BCUT2D eigenvalue weighted by atomic mass is 16.5. The van der Waals surface area contributed by atoms with Gasteiger partial charge in [0.1, 0.15) is 12.4 Å². The van der Waals surface area contributed by atoms with E-state index in [9.17, 15) is 0 Å². The Hall–Kier alpha value is -2.93. The fraction of sp³-hybridized carbons (Fsp3) is 0.409. The Kier molecular flexibility index (Phi) is 3.68. The molecule has 7 nitrogen and oxygen atoms in total. The molecule has 0 spiro atoms. The van der Waals surface area contributed by atoms with E-state index in [1.54, 1.807) is 17.2 Å². The average molecular weight is 388 g/mol. The first-order chi connectivity index (χ1) is 14.2. The van der Waals surface area contributed by atoms with Crippen molar-refractivity contribution in [2.24, 2.45) is 0 Å². The van der Waals surface area contributed by atoms with Gasteiger partial charge in [-0.15, -0.1) is 0 Å². The molecule has 0 bridgehead atoms. The van der Waals surface area contributed by atoms with E-state index in [0.717, 1.165) is 41.6 Å². The molecule has 1 saturated carbocycles. The summed E-state index contributed by atoms with van der Waals surface area (Å²) in [6.45, 7) is 4.89. The Morgan fingerprint density at radius 2 is 1.93 bits per heavy atom. The van der Waals surface area contributed by atoms with Crippen LogP contribution in [0.2, 0.25) is 0 Å². The van der Waals surface area contributed by atoms with Crippen LogP contribution < -0.4 is 15.0 Å². The molecule has 4 heterocycles. The summed E-state index contributed by atoms with van der Waals surface area (Å²) < 4.78 is 6.04. The number of anilines is 1. The number of hydrogen-bond acceptors (Lipinski definition) is 6. The van der Waals surface area contributed by atoms with Crippen LogP contribution in [0, 0.1) is 0 Å². The number of nitrogens with one attached hydrogen (secondary N) is 1. The van der Waals surface area contributed by atoms with Gasteiger partial charge in [0, 0.05) is 30.2 Å². The summed E-state index contributed by atoms with van der Waals surface area (Å²) in [6.07, 6.45) is 7.13. The summed E-state index contributed by atoms with van der Waals surface area (Å²) in [7, 11) is 0. The number of nitrogens with zero attached hydrogens (tertiary/aromatic N) is 5. The van der Waals surface area contributed by atoms with Gasteiger partial charge in [-0.1, -0.05) is 6.07 Å². The van der Waals surface area contributed by atoms with Crippen molar-refractivity contribution in [3.05, 3.63) is 48.3 Å². The second kappa shape index (κ2) is 6.29. The fourth-order valence-corrected chi connectivity index (χ4v) is 4.41. The first-order valence-corrected chi connectivity index (χ1v) is 10.3. The predicted molar refractivity (Wildman–Crippen MR) is 110 cm³/mol. The molecule has 148 valence electrons. The van der Waals surface area contributed by atoms with Crippen LogP contribution in [-0.4, -0.2) is 44.6 Å². The lowest BCUT2D eigenvalue weighted by atomic mass is 9.98. The van der Waals surface area contributed by atoms with Crippen LogP contribution in [0.25, 0.3) is 16.8 Å². The van der Waals surface area contributed by atoms with E-state index in [-0.39, 0.29) is 0 Å². The standard InChI is InChI=1S/C22H24N6O/c1-22(7-8-22)26-16-6-11-27(13-16)20-5-4-19-18-3-2-17(28-23-9-10-24-28)12-15(18)14-29-21(19)25-20/h2-5,9-10,12,16,26H,6-8,11,13-14H2,1H3. The van der Waals surface area contributed by atoms with E-state index in [2.05, 4.69) is 51.6 Å². The third-order valence-electron chi connectivity index (χ3n) is 6.30. The molecular formula is C22H24N6O. The zero-order valence-electron chi connectivity index (χ0n) is 16.5. The highest BCUT2D eigenvalue weighted by Crippen LogP contribution is 2.39. The van der Waals surface area contributed by atoms with Gasteiger partial charge in [-0.25, -0.2) is 0 Å². The van der Waals surface area contributed by atoms with Crippen LogP contribution in [0.4, 0.5) is 5.82 Å². The molecule has 1 saturated heterocycles.